The predicted octanol–water partition coefficient (Wildman–Crippen LogP) is 1.59. The van der Waals surface area contributed by atoms with Crippen molar-refractivity contribution < 1.29 is 24.1 Å². The van der Waals surface area contributed by atoms with Gasteiger partial charge in [-0.1, -0.05) is 6.07 Å². The Morgan fingerprint density at radius 2 is 2.04 bits per heavy atom. The Morgan fingerprint density at radius 3 is 2.73 bits per heavy atom. The van der Waals surface area contributed by atoms with Crippen molar-refractivity contribution >= 4 is 5.91 Å². The molecular weight excluding hydrogens is 339 g/mol. The van der Waals surface area contributed by atoms with Crippen LogP contribution in [0, 0.1) is 12.7 Å². The van der Waals surface area contributed by atoms with E-state index in [1.807, 2.05) is 6.92 Å². The molecule has 0 unspecified atom stereocenters. The van der Waals surface area contributed by atoms with Gasteiger partial charge in [-0.2, -0.15) is 0 Å². The van der Waals surface area contributed by atoms with Crippen molar-refractivity contribution in [3.63, 3.8) is 0 Å². The summed E-state index contributed by atoms with van der Waals surface area (Å²) in [5.41, 5.74) is 1.18. The molecule has 1 aliphatic carbocycles. The van der Waals surface area contributed by atoms with Crippen molar-refractivity contribution in [3.05, 3.63) is 59.7 Å². The van der Waals surface area contributed by atoms with Crippen molar-refractivity contribution in [1.82, 2.24) is 10.3 Å². The highest BCUT2D eigenvalue weighted by Gasteiger charge is 2.39. The topological polar surface area (TPSA) is 91.7 Å². The van der Waals surface area contributed by atoms with Gasteiger partial charge in [0.25, 0.3) is 5.91 Å². The van der Waals surface area contributed by atoms with E-state index in [9.17, 15) is 19.4 Å². The average molecular weight is 360 g/mol. The first-order valence-electron chi connectivity index (χ1n) is 8.46. The zero-order chi connectivity index (χ0) is 18.7. The number of ether oxygens (including phenoxy) is 1. The minimum atomic E-state index is -1.20. The normalized spacial score (nSPS) is 25.5. The molecule has 1 fully saturated rings. The number of nitrogens with one attached hydrogen (secondary N) is 1. The van der Waals surface area contributed by atoms with Crippen LogP contribution in [0.1, 0.15) is 28.9 Å². The van der Waals surface area contributed by atoms with Gasteiger partial charge in [0.2, 0.25) is 0 Å². The molecule has 1 heterocycles. The fourth-order valence-corrected chi connectivity index (χ4v) is 3.00. The van der Waals surface area contributed by atoms with Crippen molar-refractivity contribution in [3.8, 4) is 5.75 Å². The second kappa shape index (κ2) is 7.80. The Morgan fingerprint density at radius 1 is 1.23 bits per heavy atom. The number of benzene rings is 1. The molecule has 0 radical (unpaired) electrons. The number of hydrogen-bond donors (Lipinski definition) is 3. The van der Waals surface area contributed by atoms with Crippen molar-refractivity contribution in [1.29, 1.82) is 0 Å². The fraction of sp³-hybridized carbons (Fsp3) is 0.368. The molecule has 4 atom stereocenters. The summed E-state index contributed by atoms with van der Waals surface area (Å²) in [7, 11) is 0. The lowest BCUT2D eigenvalue weighted by atomic mass is 9.87. The van der Waals surface area contributed by atoms with E-state index >= 15 is 0 Å². The van der Waals surface area contributed by atoms with Gasteiger partial charge in [0.1, 0.15) is 29.9 Å². The van der Waals surface area contributed by atoms with E-state index in [4.69, 9.17) is 4.74 Å². The Kier molecular flexibility index (Phi) is 5.49. The van der Waals surface area contributed by atoms with Crippen LogP contribution in [0.25, 0.3) is 0 Å². The molecule has 6 nitrogen and oxygen atoms in total. The maximum Gasteiger partial charge on any atom is 0.253 e. The molecule has 0 aliphatic heterocycles. The van der Waals surface area contributed by atoms with Gasteiger partial charge in [-0.25, -0.2) is 4.39 Å². The van der Waals surface area contributed by atoms with Crippen LogP contribution in [0.2, 0.25) is 0 Å². The zero-order valence-electron chi connectivity index (χ0n) is 14.3. The summed E-state index contributed by atoms with van der Waals surface area (Å²) in [5, 5.41) is 23.4. The smallest absolute Gasteiger partial charge is 0.253 e. The van der Waals surface area contributed by atoms with Crippen LogP contribution in [0.15, 0.2) is 42.6 Å². The van der Waals surface area contributed by atoms with E-state index in [0.29, 0.717) is 18.4 Å². The SMILES string of the molecule is Cc1ccc(C(=O)N[C@@H]2CC[C@@H](Oc3cccc(F)c3)[C@H](O)[C@H]2O)cn1. The molecule has 26 heavy (non-hydrogen) atoms. The Balaban J connectivity index is 1.61. The molecule has 2 aromatic rings. The number of pyridine rings is 1. The van der Waals surface area contributed by atoms with Crippen LogP contribution >= 0.6 is 0 Å². The van der Waals surface area contributed by atoms with Crippen LogP contribution in [0.5, 0.6) is 5.75 Å². The molecule has 138 valence electrons. The Bertz CT molecular complexity index is 768. The average Bonchev–Trinajstić information content (AvgIpc) is 2.62. The van der Waals surface area contributed by atoms with E-state index < -0.39 is 30.2 Å². The first kappa shape index (κ1) is 18.3. The number of aryl methyl sites for hydroxylation is 1. The van der Waals surface area contributed by atoms with Crippen LogP contribution in [0.3, 0.4) is 0 Å². The molecule has 1 aromatic carbocycles. The minimum absolute atomic E-state index is 0.287. The Labute approximate surface area is 150 Å². The van der Waals surface area contributed by atoms with Gasteiger partial charge in [-0.15, -0.1) is 0 Å². The van der Waals surface area contributed by atoms with Crippen LogP contribution in [-0.2, 0) is 0 Å². The van der Waals surface area contributed by atoms with Gasteiger partial charge in [0.15, 0.2) is 0 Å². The van der Waals surface area contributed by atoms with Gasteiger partial charge in [0, 0.05) is 18.0 Å². The third-order valence-corrected chi connectivity index (χ3v) is 4.48. The molecule has 1 aliphatic rings. The monoisotopic (exact) mass is 360 g/mol. The molecule has 3 rings (SSSR count). The summed E-state index contributed by atoms with van der Waals surface area (Å²) in [6.07, 6.45) is -0.777. The summed E-state index contributed by atoms with van der Waals surface area (Å²) in [5.74, 6) is -0.516. The number of aliphatic hydroxyl groups is 2. The van der Waals surface area contributed by atoms with Gasteiger partial charge >= 0.3 is 0 Å². The van der Waals surface area contributed by atoms with Crippen LogP contribution in [-0.4, -0.2) is 45.5 Å². The lowest BCUT2D eigenvalue weighted by Crippen LogP contribution is -2.57. The summed E-state index contributed by atoms with van der Waals surface area (Å²) in [4.78, 5) is 16.3. The molecular formula is C19H21FN2O4. The quantitative estimate of drug-likeness (QED) is 0.770. The second-order valence-electron chi connectivity index (χ2n) is 6.44. The highest BCUT2D eigenvalue weighted by atomic mass is 19.1. The third-order valence-electron chi connectivity index (χ3n) is 4.48. The highest BCUT2D eigenvalue weighted by molar-refractivity contribution is 5.94. The second-order valence-corrected chi connectivity index (χ2v) is 6.44. The molecule has 0 saturated heterocycles. The lowest BCUT2D eigenvalue weighted by molar-refractivity contribution is -0.0874. The molecule has 0 bridgehead atoms. The number of rotatable bonds is 4. The van der Waals surface area contributed by atoms with E-state index in [1.54, 1.807) is 18.2 Å². The van der Waals surface area contributed by atoms with E-state index in [-0.39, 0.29) is 11.7 Å². The standard InChI is InChI=1S/C19H21FN2O4/c1-11-5-6-12(10-21-11)19(25)22-15-7-8-16(18(24)17(15)23)26-14-4-2-3-13(20)9-14/h2-6,9-10,15-18,23-24H,7-8H2,1H3,(H,22,25)/t15-,16-,17+,18+/m1/s1. The van der Waals surface area contributed by atoms with Gasteiger partial charge in [-0.3, -0.25) is 9.78 Å². The maximum absolute atomic E-state index is 13.2. The van der Waals surface area contributed by atoms with E-state index in [0.717, 1.165) is 5.69 Å². The molecule has 1 saturated carbocycles. The molecule has 7 heteroatoms. The highest BCUT2D eigenvalue weighted by Crippen LogP contribution is 2.25. The third kappa shape index (κ3) is 4.17. The number of carbonyl (C=O) groups is 1. The number of hydrogen-bond acceptors (Lipinski definition) is 5. The molecule has 1 amide bonds. The summed E-state index contributed by atoms with van der Waals surface area (Å²) < 4.78 is 18.8. The number of nitrogens with zero attached hydrogens (tertiary/aromatic N) is 1. The fourth-order valence-electron chi connectivity index (χ4n) is 3.00. The number of amides is 1. The van der Waals surface area contributed by atoms with E-state index in [2.05, 4.69) is 10.3 Å². The summed E-state index contributed by atoms with van der Waals surface area (Å²) in [6.45, 7) is 1.82. The van der Waals surface area contributed by atoms with Crippen LogP contribution in [0.4, 0.5) is 4.39 Å². The van der Waals surface area contributed by atoms with Gasteiger partial charge in [0.05, 0.1) is 11.6 Å². The molecule has 0 spiro atoms. The van der Waals surface area contributed by atoms with Gasteiger partial charge < -0.3 is 20.3 Å². The predicted molar refractivity (Wildman–Crippen MR) is 92.3 cm³/mol. The number of halogens is 1. The summed E-state index contributed by atoms with van der Waals surface area (Å²) >= 11 is 0. The number of aromatic nitrogens is 1. The van der Waals surface area contributed by atoms with Crippen LogP contribution < -0.4 is 10.1 Å². The molecule has 3 N–H and O–H groups in total. The maximum atomic E-state index is 13.2. The van der Waals surface area contributed by atoms with Gasteiger partial charge in [-0.05, 0) is 44.0 Å². The van der Waals surface area contributed by atoms with Crippen molar-refractivity contribution in [2.75, 3.05) is 0 Å². The minimum Gasteiger partial charge on any atom is -0.488 e. The number of aliphatic hydroxyl groups excluding tert-OH is 2. The largest absolute Gasteiger partial charge is 0.488 e. The Hall–Kier alpha value is -2.51. The van der Waals surface area contributed by atoms with E-state index in [1.165, 1.54) is 24.4 Å². The molecule has 1 aromatic heterocycles. The summed E-state index contributed by atoms with van der Waals surface area (Å²) in [6, 6.07) is 8.38. The van der Waals surface area contributed by atoms with Crippen molar-refractivity contribution in [2.45, 2.75) is 44.1 Å². The zero-order valence-corrected chi connectivity index (χ0v) is 14.3. The first-order valence-corrected chi connectivity index (χ1v) is 8.46. The number of carbonyl (C=O) groups excluding carboxylic acids is 1. The van der Waals surface area contributed by atoms with Crippen molar-refractivity contribution in [2.24, 2.45) is 0 Å². The lowest BCUT2D eigenvalue weighted by Gasteiger charge is -2.37. The first-order chi connectivity index (χ1) is 12.4.